The zero-order valence-corrected chi connectivity index (χ0v) is 17.3. The zero-order chi connectivity index (χ0) is 20.5. The molecule has 3 rings (SSSR count). The van der Waals surface area contributed by atoms with Crippen LogP contribution in [0.25, 0.3) is 0 Å². The average molecular weight is 451 g/mol. The topological polar surface area (TPSA) is 104 Å². The molecule has 8 nitrogen and oxygen atoms in total. The van der Waals surface area contributed by atoms with Crippen LogP contribution in [0.2, 0.25) is 10.0 Å². The van der Waals surface area contributed by atoms with Gasteiger partial charge in [-0.25, -0.2) is 8.42 Å². The minimum atomic E-state index is -3.90. The number of carboxylic acids is 1. The van der Waals surface area contributed by atoms with Gasteiger partial charge in [0, 0.05) is 26.2 Å². The van der Waals surface area contributed by atoms with Crippen LogP contribution in [-0.2, 0) is 19.6 Å². The maximum atomic E-state index is 12.9. The summed E-state index contributed by atoms with van der Waals surface area (Å²) in [5, 5.41) is 9.08. The van der Waals surface area contributed by atoms with E-state index in [4.69, 9.17) is 33.0 Å². The molecule has 2 aliphatic rings. The lowest BCUT2D eigenvalue weighted by atomic mass is 9.96. The molecule has 1 aromatic carbocycles. The Labute approximate surface area is 173 Å². The molecule has 2 heterocycles. The van der Waals surface area contributed by atoms with Gasteiger partial charge in [-0.05, 0) is 25.0 Å². The monoisotopic (exact) mass is 450 g/mol. The van der Waals surface area contributed by atoms with Crippen LogP contribution in [0.1, 0.15) is 23.2 Å². The highest BCUT2D eigenvalue weighted by Gasteiger charge is 2.32. The van der Waals surface area contributed by atoms with Gasteiger partial charge >= 0.3 is 5.97 Å². The number of morpholine rings is 1. The lowest BCUT2D eigenvalue weighted by Crippen LogP contribution is -2.41. The quantitative estimate of drug-likeness (QED) is 0.751. The first-order valence-electron chi connectivity index (χ1n) is 8.81. The van der Waals surface area contributed by atoms with Crippen molar-refractivity contribution < 1.29 is 27.9 Å². The molecule has 0 aromatic heterocycles. The molecule has 0 bridgehead atoms. The smallest absolute Gasteiger partial charge is 0.306 e. The van der Waals surface area contributed by atoms with E-state index in [0.29, 0.717) is 12.8 Å². The molecule has 0 saturated carbocycles. The number of nitrogens with zero attached hydrogens (tertiary/aromatic N) is 2. The Morgan fingerprint density at radius 1 is 1.04 bits per heavy atom. The first-order valence-corrected chi connectivity index (χ1v) is 11.0. The molecule has 2 saturated heterocycles. The fourth-order valence-electron chi connectivity index (χ4n) is 3.32. The number of ether oxygens (including phenoxy) is 1. The van der Waals surface area contributed by atoms with Crippen molar-refractivity contribution >= 4 is 45.1 Å². The van der Waals surface area contributed by atoms with Crippen molar-refractivity contribution in [1.29, 1.82) is 0 Å². The van der Waals surface area contributed by atoms with E-state index < -0.39 is 27.8 Å². The van der Waals surface area contributed by atoms with Crippen LogP contribution in [0.3, 0.4) is 0 Å². The molecule has 0 atom stereocenters. The Hall–Kier alpha value is -1.39. The highest BCUT2D eigenvalue weighted by Crippen LogP contribution is 2.32. The maximum absolute atomic E-state index is 12.9. The number of carbonyl (C=O) groups excluding carboxylic acids is 1. The number of halogens is 2. The summed E-state index contributed by atoms with van der Waals surface area (Å²) < 4.78 is 32.3. The van der Waals surface area contributed by atoms with Gasteiger partial charge in [0.2, 0.25) is 10.0 Å². The Kier molecular flexibility index (Phi) is 6.51. The number of hydrogen-bond donors (Lipinski definition) is 1. The Bertz CT molecular complexity index is 878. The summed E-state index contributed by atoms with van der Waals surface area (Å²) in [6.07, 6.45) is 0.677. The summed E-state index contributed by atoms with van der Waals surface area (Å²) >= 11 is 12.3. The third-order valence-electron chi connectivity index (χ3n) is 4.97. The van der Waals surface area contributed by atoms with Gasteiger partial charge in [0.15, 0.2) is 0 Å². The summed E-state index contributed by atoms with van der Waals surface area (Å²) in [6.45, 7) is 1.50. The van der Waals surface area contributed by atoms with Crippen LogP contribution < -0.4 is 0 Å². The summed E-state index contributed by atoms with van der Waals surface area (Å²) in [5.74, 6) is -1.80. The number of piperidine rings is 1. The third kappa shape index (κ3) is 4.28. The highest BCUT2D eigenvalue weighted by molar-refractivity contribution is 7.89. The molecule has 0 unspecified atom stereocenters. The third-order valence-corrected chi connectivity index (χ3v) is 7.65. The van der Waals surface area contributed by atoms with Gasteiger partial charge in [0.05, 0.1) is 34.7 Å². The number of likely N-dealkylation sites (tertiary alicyclic amines) is 1. The molecule has 0 aliphatic carbocycles. The second-order valence-electron chi connectivity index (χ2n) is 6.68. The number of benzene rings is 1. The molecular formula is C17H20Cl2N2O6S. The van der Waals surface area contributed by atoms with Gasteiger partial charge in [-0.2, -0.15) is 4.31 Å². The van der Waals surface area contributed by atoms with Crippen LogP contribution in [-0.4, -0.2) is 74.0 Å². The predicted octanol–water partition coefficient (Wildman–Crippen LogP) is 1.95. The molecule has 1 N–H and O–H groups in total. The van der Waals surface area contributed by atoms with Gasteiger partial charge in [-0.1, -0.05) is 23.2 Å². The molecule has 0 spiro atoms. The molecule has 11 heteroatoms. The number of sulfonamides is 1. The minimum absolute atomic E-state index is 0.0340. The maximum Gasteiger partial charge on any atom is 0.306 e. The molecular weight excluding hydrogens is 431 g/mol. The van der Waals surface area contributed by atoms with Gasteiger partial charge in [-0.15, -0.1) is 0 Å². The normalized spacial score (nSPS) is 19.6. The van der Waals surface area contributed by atoms with Crippen LogP contribution in [0.5, 0.6) is 0 Å². The van der Waals surface area contributed by atoms with Crippen molar-refractivity contribution in [2.45, 2.75) is 17.7 Å². The number of rotatable bonds is 4. The Morgan fingerprint density at radius 2 is 1.64 bits per heavy atom. The number of aliphatic carboxylic acids is 1. The summed E-state index contributed by atoms with van der Waals surface area (Å²) in [6, 6.07) is 2.47. The molecule has 154 valence electrons. The first kappa shape index (κ1) is 21.3. The summed E-state index contributed by atoms with van der Waals surface area (Å²) in [4.78, 5) is 25.3. The Morgan fingerprint density at radius 3 is 2.21 bits per heavy atom. The van der Waals surface area contributed by atoms with Crippen molar-refractivity contribution in [1.82, 2.24) is 9.21 Å². The number of carboxylic acid groups (broad SMARTS) is 1. The average Bonchev–Trinajstić information content (AvgIpc) is 2.68. The zero-order valence-electron chi connectivity index (χ0n) is 14.9. The van der Waals surface area contributed by atoms with Gasteiger partial charge in [0.25, 0.3) is 5.91 Å². The molecule has 2 fully saturated rings. The fourth-order valence-corrected chi connectivity index (χ4v) is 5.55. The predicted molar refractivity (Wildman–Crippen MR) is 102 cm³/mol. The first-order chi connectivity index (χ1) is 13.2. The Balaban J connectivity index is 1.87. The standard InChI is InChI=1S/C17H20Cl2N2O6S/c18-13-10-14(19)15(28(25,26)21-5-7-27-8-6-21)9-12(13)16(22)20-3-1-11(2-4-20)17(23)24/h9-11H,1-8H2,(H,23,24). The molecule has 1 amide bonds. The molecule has 1 aromatic rings. The molecule has 2 aliphatic heterocycles. The number of amides is 1. The van der Waals surface area contributed by atoms with E-state index in [9.17, 15) is 18.0 Å². The van der Waals surface area contributed by atoms with E-state index in [1.54, 1.807) is 0 Å². The number of carbonyl (C=O) groups is 2. The summed E-state index contributed by atoms with van der Waals surface area (Å²) in [7, 11) is -3.90. The largest absolute Gasteiger partial charge is 0.481 e. The van der Waals surface area contributed by atoms with E-state index in [1.807, 2.05) is 0 Å². The second-order valence-corrected chi connectivity index (χ2v) is 9.40. The van der Waals surface area contributed by atoms with Crippen molar-refractivity contribution in [2.24, 2.45) is 5.92 Å². The second kappa shape index (κ2) is 8.54. The lowest BCUT2D eigenvalue weighted by molar-refractivity contribution is -0.143. The molecule has 28 heavy (non-hydrogen) atoms. The van der Waals surface area contributed by atoms with Crippen molar-refractivity contribution in [3.63, 3.8) is 0 Å². The van der Waals surface area contributed by atoms with Crippen LogP contribution in [0.4, 0.5) is 0 Å². The minimum Gasteiger partial charge on any atom is -0.481 e. The van der Waals surface area contributed by atoms with Gasteiger partial charge in [0.1, 0.15) is 4.90 Å². The van der Waals surface area contributed by atoms with E-state index >= 15 is 0 Å². The van der Waals surface area contributed by atoms with Crippen molar-refractivity contribution in [3.8, 4) is 0 Å². The summed E-state index contributed by atoms with van der Waals surface area (Å²) in [5.41, 5.74) is 0.0340. The van der Waals surface area contributed by atoms with Gasteiger partial charge < -0.3 is 14.7 Å². The van der Waals surface area contributed by atoms with Crippen molar-refractivity contribution in [2.75, 3.05) is 39.4 Å². The number of hydrogen-bond acceptors (Lipinski definition) is 5. The van der Waals surface area contributed by atoms with E-state index in [2.05, 4.69) is 0 Å². The lowest BCUT2D eigenvalue weighted by Gasteiger charge is -2.31. The van der Waals surface area contributed by atoms with E-state index in [-0.39, 0.29) is 59.9 Å². The van der Waals surface area contributed by atoms with E-state index in [0.717, 1.165) is 0 Å². The SMILES string of the molecule is O=C(O)C1CCN(C(=O)c2cc(S(=O)(=O)N3CCOCC3)c(Cl)cc2Cl)CC1. The van der Waals surface area contributed by atoms with Gasteiger partial charge in [-0.3, -0.25) is 9.59 Å². The highest BCUT2D eigenvalue weighted by atomic mass is 35.5. The molecule has 0 radical (unpaired) electrons. The van der Waals surface area contributed by atoms with Crippen molar-refractivity contribution in [3.05, 3.63) is 27.7 Å². The fraction of sp³-hybridized carbons (Fsp3) is 0.529. The van der Waals surface area contributed by atoms with Crippen LogP contribution in [0, 0.1) is 5.92 Å². The van der Waals surface area contributed by atoms with E-state index in [1.165, 1.54) is 21.3 Å². The van der Waals surface area contributed by atoms with Crippen LogP contribution >= 0.6 is 23.2 Å². The van der Waals surface area contributed by atoms with Crippen LogP contribution in [0.15, 0.2) is 17.0 Å².